The Morgan fingerprint density at radius 2 is 1.87 bits per heavy atom. The zero-order valence-corrected chi connectivity index (χ0v) is 17.4. The van der Waals surface area contributed by atoms with Crippen molar-refractivity contribution in [3.63, 3.8) is 0 Å². The molecule has 0 aliphatic carbocycles. The second-order valence-electron chi connectivity index (χ2n) is 7.28. The van der Waals surface area contributed by atoms with Crippen LogP contribution in [0.2, 0.25) is 5.02 Å². The fraction of sp³-hybridized carbons (Fsp3) is 0.318. The molecule has 2 aromatic carbocycles. The Morgan fingerprint density at radius 1 is 1.13 bits per heavy atom. The summed E-state index contributed by atoms with van der Waals surface area (Å²) in [6.07, 6.45) is 0.841. The quantitative estimate of drug-likeness (QED) is 0.637. The summed E-state index contributed by atoms with van der Waals surface area (Å²) in [5.74, 6) is -0.310. The van der Waals surface area contributed by atoms with Crippen molar-refractivity contribution in [3.05, 3.63) is 69.2 Å². The second-order valence-corrected chi connectivity index (χ2v) is 7.69. The van der Waals surface area contributed by atoms with Crippen LogP contribution in [0.15, 0.2) is 47.3 Å². The van der Waals surface area contributed by atoms with E-state index in [0.717, 1.165) is 23.5 Å². The van der Waals surface area contributed by atoms with E-state index >= 15 is 0 Å². The van der Waals surface area contributed by atoms with Gasteiger partial charge in [0.1, 0.15) is 5.82 Å². The van der Waals surface area contributed by atoms with Crippen LogP contribution in [0.3, 0.4) is 0 Å². The SMILES string of the molecule is CCCn1c(=O)c(N2CCN(C(=O)c3ccc(F)cc3Cl)CC2)nc2ccccc21. The van der Waals surface area contributed by atoms with E-state index in [9.17, 15) is 14.0 Å². The Hall–Kier alpha value is -2.93. The Morgan fingerprint density at radius 3 is 2.57 bits per heavy atom. The number of para-hydroxylation sites is 2. The molecule has 0 radical (unpaired) electrons. The summed E-state index contributed by atoms with van der Waals surface area (Å²) >= 11 is 6.04. The lowest BCUT2D eigenvalue weighted by atomic mass is 10.1. The van der Waals surface area contributed by atoms with Crippen molar-refractivity contribution in [2.75, 3.05) is 31.1 Å². The van der Waals surface area contributed by atoms with Gasteiger partial charge in [-0.1, -0.05) is 30.7 Å². The van der Waals surface area contributed by atoms with E-state index in [-0.39, 0.29) is 22.1 Å². The van der Waals surface area contributed by atoms with Crippen LogP contribution in [0.5, 0.6) is 0 Å². The molecule has 6 nitrogen and oxygen atoms in total. The molecule has 0 spiro atoms. The number of piperazine rings is 1. The molecule has 0 bridgehead atoms. The summed E-state index contributed by atoms with van der Waals surface area (Å²) < 4.78 is 15.0. The highest BCUT2D eigenvalue weighted by atomic mass is 35.5. The zero-order valence-electron chi connectivity index (χ0n) is 16.6. The molecule has 1 fully saturated rings. The molecule has 0 saturated carbocycles. The van der Waals surface area contributed by atoms with Crippen molar-refractivity contribution in [3.8, 4) is 0 Å². The Bertz CT molecular complexity index is 1160. The van der Waals surface area contributed by atoms with Crippen LogP contribution in [0.25, 0.3) is 11.0 Å². The normalized spacial score (nSPS) is 14.4. The van der Waals surface area contributed by atoms with Crippen LogP contribution in [-0.4, -0.2) is 46.5 Å². The van der Waals surface area contributed by atoms with E-state index < -0.39 is 5.82 Å². The summed E-state index contributed by atoms with van der Waals surface area (Å²) in [4.78, 5) is 34.1. The van der Waals surface area contributed by atoms with Gasteiger partial charge in [-0.2, -0.15) is 0 Å². The lowest BCUT2D eigenvalue weighted by Crippen LogP contribution is -2.50. The van der Waals surface area contributed by atoms with Crippen molar-refractivity contribution >= 4 is 34.4 Å². The molecule has 8 heteroatoms. The van der Waals surface area contributed by atoms with Crippen molar-refractivity contribution in [2.24, 2.45) is 0 Å². The van der Waals surface area contributed by atoms with Crippen LogP contribution in [-0.2, 0) is 6.54 Å². The number of amides is 1. The van der Waals surface area contributed by atoms with Crippen molar-refractivity contribution in [1.29, 1.82) is 0 Å². The number of fused-ring (bicyclic) bond motifs is 1. The van der Waals surface area contributed by atoms with Gasteiger partial charge in [0.05, 0.1) is 21.6 Å². The number of benzene rings is 2. The van der Waals surface area contributed by atoms with E-state index in [4.69, 9.17) is 11.6 Å². The van der Waals surface area contributed by atoms with Gasteiger partial charge in [-0.15, -0.1) is 0 Å². The number of carbonyl (C=O) groups excluding carboxylic acids is 1. The number of carbonyl (C=O) groups is 1. The van der Waals surface area contributed by atoms with Gasteiger partial charge in [-0.25, -0.2) is 9.37 Å². The Kier molecular flexibility index (Phi) is 5.72. The van der Waals surface area contributed by atoms with Gasteiger partial charge in [0.25, 0.3) is 11.5 Å². The number of anilines is 1. The maximum Gasteiger partial charge on any atom is 0.294 e. The van der Waals surface area contributed by atoms with Crippen LogP contribution in [0.1, 0.15) is 23.7 Å². The second kappa shape index (κ2) is 8.44. The van der Waals surface area contributed by atoms with Gasteiger partial charge < -0.3 is 14.4 Å². The molecule has 1 amide bonds. The lowest BCUT2D eigenvalue weighted by molar-refractivity contribution is 0.0746. The highest BCUT2D eigenvalue weighted by Gasteiger charge is 2.26. The summed E-state index contributed by atoms with van der Waals surface area (Å²) in [5, 5.41) is 0.0982. The number of aromatic nitrogens is 2. The molecule has 3 aromatic rings. The summed E-state index contributed by atoms with van der Waals surface area (Å²) in [7, 11) is 0. The van der Waals surface area contributed by atoms with Gasteiger partial charge in [0, 0.05) is 32.7 Å². The van der Waals surface area contributed by atoms with Gasteiger partial charge in [0.2, 0.25) is 0 Å². The first-order chi connectivity index (χ1) is 14.5. The van der Waals surface area contributed by atoms with Crippen molar-refractivity contribution in [2.45, 2.75) is 19.9 Å². The molecule has 4 rings (SSSR count). The first-order valence-corrected chi connectivity index (χ1v) is 10.4. The minimum absolute atomic E-state index is 0.0982. The average molecular weight is 429 g/mol. The standard InChI is InChI=1S/C22H22ClFN4O2/c1-2-9-28-19-6-4-3-5-18(19)25-20(22(28)30)26-10-12-27(13-11-26)21(29)16-8-7-15(24)14-17(16)23/h3-8,14H,2,9-13H2,1H3. The van der Waals surface area contributed by atoms with E-state index in [0.29, 0.717) is 38.5 Å². The maximum absolute atomic E-state index is 13.3. The maximum atomic E-state index is 13.3. The highest BCUT2D eigenvalue weighted by molar-refractivity contribution is 6.33. The number of halogens is 2. The minimum atomic E-state index is -0.480. The average Bonchev–Trinajstić information content (AvgIpc) is 2.75. The molecule has 0 N–H and O–H groups in total. The predicted molar refractivity (Wildman–Crippen MR) is 116 cm³/mol. The fourth-order valence-corrected chi connectivity index (χ4v) is 4.03. The van der Waals surface area contributed by atoms with E-state index in [1.807, 2.05) is 36.1 Å². The number of aryl methyl sites for hydroxylation is 1. The number of hydrogen-bond acceptors (Lipinski definition) is 4. The van der Waals surface area contributed by atoms with Crippen molar-refractivity contribution in [1.82, 2.24) is 14.5 Å². The van der Waals surface area contributed by atoms with Gasteiger partial charge in [-0.3, -0.25) is 9.59 Å². The molecule has 1 saturated heterocycles. The third kappa shape index (κ3) is 3.77. The number of hydrogen-bond donors (Lipinski definition) is 0. The molecule has 30 heavy (non-hydrogen) atoms. The summed E-state index contributed by atoms with van der Waals surface area (Å²) in [5.41, 5.74) is 1.77. The van der Waals surface area contributed by atoms with Gasteiger partial charge >= 0.3 is 0 Å². The topological polar surface area (TPSA) is 58.4 Å². The predicted octanol–water partition coefficient (Wildman–Crippen LogP) is 3.56. The van der Waals surface area contributed by atoms with Gasteiger partial charge in [0.15, 0.2) is 5.82 Å². The van der Waals surface area contributed by atoms with Crippen LogP contribution >= 0.6 is 11.6 Å². The zero-order chi connectivity index (χ0) is 21.3. The third-order valence-electron chi connectivity index (χ3n) is 5.31. The lowest BCUT2D eigenvalue weighted by Gasteiger charge is -2.35. The Labute approximate surface area is 178 Å². The van der Waals surface area contributed by atoms with Crippen LogP contribution < -0.4 is 10.5 Å². The summed E-state index contributed by atoms with van der Waals surface area (Å²) in [6, 6.07) is 11.4. The summed E-state index contributed by atoms with van der Waals surface area (Å²) in [6.45, 7) is 4.47. The number of nitrogens with zero attached hydrogens (tertiary/aromatic N) is 4. The molecule has 1 aromatic heterocycles. The molecule has 1 aliphatic rings. The van der Waals surface area contributed by atoms with E-state index in [2.05, 4.69) is 4.98 Å². The molecular formula is C22H22ClFN4O2. The Balaban J connectivity index is 1.57. The van der Waals surface area contributed by atoms with E-state index in [1.165, 1.54) is 12.1 Å². The highest BCUT2D eigenvalue weighted by Crippen LogP contribution is 2.21. The molecule has 156 valence electrons. The smallest absolute Gasteiger partial charge is 0.294 e. The molecule has 2 heterocycles. The van der Waals surface area contributed by atoms with Crippen molar-refractivity contribution < 1.29 is 9.18 Å². The van der Waals surface area contributed by atoms with E-state index in [1.54, 1.807) is 9.47 Å². The molecule has 0 atom stereocenters. The fourth-order valence-electron chi connectivity index (χ4n) is 3.79. The van der Waals surface area contributed by atoms with Gasteiger partial charge in [-0.05, 0) is 36.8 Å². The first-order valence-electron chi connectivity index (χ1n) is 9.98. The minimum Gasteiger partial charge on any atom is -0.348 e. The van der Waals surface area contributed by atoms with Crippen LogP contribution in [0, 0.1) is 5.82 Å². The van der Waals surface area contributed by atoms with Crippen LogP contribution in [0.4, 0.5) is 10.2 Å². The largest absolute Gasteiger partial charge is 0.348 e. The molecular weight excluding hydrogens is 407 g/mol. The monoisotopic (exact) mass is 428 g/mol. The third-order valence-corrected chi connectivity index (χ3v) is 5.62. The first kappa shape index (κ1) is 20.3. The molecule has 0 unspecified atom stereocenters. The molecule has 1 aliphatic heterocycles. The number of rotatable bonds is 4.